The van der Waals surface area contributed by atoms with Gasteiger partial charge in [-0.3, -0.25) is 0 Å². The van der Waals surface area contributed by atoms with Crippen LogP contribution in [-0.4, -0.2) is 41.9 Å². The number of anilines is 1. The van der Waals surface area contributed by atoms with Crippen molar-refractivity contribution in [3.63, 3.8) is 0 Å². The fraction of sp³-hybridized carbons (Fsp3) is 0.579. The summed E-state index contributed by atoms with van der Waals surface area (Å²) < 4.78 is 0. The molecule has 0 unspecified atom stereocenters. The SMILES string of the molecule is O=C(NCc1ccc(N2CCCCCC2)nc1)N[C@@H]1C=C[C@H](CO)C1. The predicted molar refractivity (Wildman–Crippen MR) is 98.4 cm³/mol. The lowest BCUT2D eigenvalue weighted by atomic mass is 10.1. The summed E-state index contributed by atoms with van der Waals surface area (Å²) >= 11 is 0. The van der Waals surface area contributed by atoms with Gasteiger partial charge in [0.25, 0.3) is 0 Å². The largest absolute Gasteiger partial charge is 0.396 e. The van der Waals surface area contributed by atoms with E-state index in [4.69, 9.17) is 5.11 Å². The van der Waals surface area contributed by atoms with Crippen molar-refractivity contribution in [3.8, 4) is 0 Å². The third kappa shape index (κ3) is 5.19. The highest BCUT2D eigenvalue weighted by atomic mass is 16.3. The van der Waals surface area contributed by atoms with Gasteiger partial charge < -0.3 is 20.6 Å². The highest BCUT2D eigenvalue weighted by Gasteiger charge is 2.19. The van der Waals surface area contributed by atoms with Gasteiger partial charge in [0, 0.05) is 44.4 Å². The Morgan fingerprint density at radius 1 is 1.20 bits per heavy atom. The first-order chi connectivity index (χ1) is 12.2. The number of nitrogens with zero attached hydrogens (tertiary/aromatic N) is 2. The number of nitrogens with one attached hydrogen (secondary N) is 2. The number of aliphatic hydroxyl groups is 1. The summed E-state index contributed by atoms with van der Waals surface area (Å²) in [6.07, 6.45) is 11.6. The van der Waals surface area contributed by atoms with Crippen molar-refractivity contribution in [3.05, 3.63) is 36.0 Å². The minimum atomic E-state index is -0.190. The van der Waals surface area contributed by atoms with E-state index < -0.39 is 0 Å². The first-order valence-corrected chi connectivity index (χ1v) is 9.28. The quantitative estimate of drug-likeness (QED) is 0.716. The Balaban J connectivity index is 1.43. The van der Waals surface area contributed by atoms with Crippen molar-refractivity contribution in [2.45, 2.75) is 44.7 Å². The molecule has 0 radical (unpaired) electrons. The van der Waals surface area contributed by atoms with E-state index in [0.717, 1.165) is 30.9 Å². The third-order valence-corrected chi connectivity index (χ3v) is 4.92. The van der Waals surface area contributed by atoms with Crippen molar-refractivity contribution in [2.24, 2.45) is 5.92 Å². The number of aromatic nitrogens is 1. The van der Waals surface area contributed by atoms with Crippen molar-refractivity contribution in [1.29, 1.82) is 0 Å². The van der Waals surface area contributed by atoms with Crippen LogP contribution in [0.2, 0.25) is 0 Å². The van der Waals surface area contributed by atoms with E-state index in [-0.39, 0.29) is 24.6 Å². The van der Waals surface area contributed by atoms with Crippen molar-refractivity contribution in [1.82, 2.24) is 15.6 Å². The first-order valence-electron chi connectivity index (χ1n) is 9.28. The zero-order chi connectivity index (χ0) is 17.5. The second kappa shape index (κ2) is 8.85. The van der Waals surface area contributed by atoms with E-state index in [1.165, 1.54) is 25.7 Å². The van der Waals surface area contributed by atoms with E-state index in [2.05, 4.69) is 20.5 Å². The van der Waals surface area contributed by atoms with Gasteiger partial charge in [-0.05, 0) is 30.9 Å². The molecule has 1 aliphatic carbocycles. The molecule has 6 nitrogen and oxygen atoms in total. The normalized spacial score (nSPS) is 23.3. The number of hydrogen-bond acceptors (Lipinski definition) is 4. The maximum Gasteiger partial charge on any atom is 0.315 e. The Hall–Kier alpha value is -2.08. The molecule has 0 aromatic carbocycles. The number of urea groups is 1. The molecule has 6 heteroatoms. The Kier molecular flexibility index (Phi) is 6.28. The Morgan fingerprint density at radius 2 is 2.00 bits per heavy atom. The zero-order valence-electron chi connectivity index (χ0n) is 14.7. The average Bonchev–Trinajstić information content (AvgIpc) is 2.91. The van der Waals surface area contributed by atoms with Crippen LogP contribution in [0.4, 0.5) is 10.6 Å². The van der Waals surface area contributed by atoms with E-state index in [0.29, 0.717) is 6.54 Å². The number of rotatable bonds is 5. The lowest BCUT2D eigenvalue weighted by Gasteiger charge is -2.21. The van der Waals surface area contributed by atoms with Crippen LogP contribution in [0, 0.1) is 5.92 Å². The molecular formula is C19H28N4O2. The van der Waals surface area contributed by atoms with E-state index in [1.54, 1.807) is 0 Å². The minimum absolute atomic E-state index is 0.000636. The molecule has 0 bridgehead atoms. The highest BCUT2D eigenvalue weighted by molar-refractivity contribution is 5.74. The number of hydrogen-bond donors (Lipinski definition) is 3. The smallest absolute Gasteiger partial charge is 0.315 e. The molecule has 0 saturated carbocycles. The molecule has 1 saturated heterocycles. The van der Waals surface area contributed by atoms with Crippen LogP contribution < -0.4 is 15.5 Å². The summed E-state index contributed by atoms with van der Waals surface area (Å²) in [5, 5.41) is 14.9. The second-order valence-electron chi connectivity index (χ2n) is 6.92. The summed E-state index contributed by atoms with van der Waals surface area (Å²) in [5.41, 5.74) is 0.990. The molecule has 1 fully saturated rings. The number of carbonyl (C=O) groups is 1. The maximum atomic E-state index is 12.0. The summed E-state index contributed by atoms with van der Waals surface area (Å²) in [5.74, 6) is 1.18. The van der Waals surface area contributed by atoms with Gasteiger partial charge in [-0.25, -0.2) is 9.78 Å². The monoisotopic (exact) mass is 344 g/mol. The zero-order valence-corrected chi connectivity index (χ0v) is 14.7. The van der Waals surface area contributed by atoms with Crippen LogP contribution >= 0.6 is 0 Å². The van der Waals surface area contributed by atoms with Gasteiger partial charge in [-0.2, -0.15) is 0 Å². The molecule has 2 atom stereocenters. The van der Waals surface area contributed by atoms with Gasteiger partial charge in [0.2, 0.25) is 0 Å². The topological polar surface area (TPSA) is 77.5 Å². The van der Waals surface area contributed by atoms with Crippen molar-refractivity contribution < 1.29 is 9.90 Å². The van der Waals surface area contributed by atoms with Crippen LogP contribution in [0.5, 0.6) is 0 Å². The van der Waals surface area contributed by atoms with Crippen LogP contribution in [0.25, 0.3) is 0 Å². The molecule has 1 aromatic rings. The van der Waals surface area contributed by atoms with Crippen molar-refractivity contribution >= 4 is 11.8 Å². The van der Waals surface area contributed by atoms with E-state index in [9.17, 15) is 4.79 Å². The van der Waals surface area contributed by atoms with E-state index in [1.807, 2.05) is 30.5 Å². The van der Waals surface area contributed by atoms with Gasteiger partial charge >= 0.3 is 6.03 Å². The minimum Gasteiger partial charge on any atom is -0.396 e. The molecule has 2 aliphatic rings. The van der Waals surface area contributed by atoms with Crippen LogP contribution in [0.1, 0.15) is 37.7 Å². The summed E-state index contributed by atoms with van der Waals surface area (Å²) in [4.78, 5) is 18.9. The number of aliphatic hydroxyl groups excluding tert-OH is 1. The molecule has 2 amide bonds. The third-order valence-electron chi connectivity index (χ3n) is 4.92. The number of amides is 2. The predicted octanol–water partition coefficient (Wildman–Crippen LogP) is 2.20. The molecule has 136 valence electrons. The lowest BCUT2D eigenvalue weighted by molar-refractivity contribution is 0.231. The van der Waals surface area contributed by atoms with Crippen LogP contribution in [0.15, 0.2) is 30.5 Å². The maximum absolute atomic E-state index is 12.0. The standard InChI is InChI=1S/C19H28N4O2/c24-14-15-5-7-17(11-15)22-19(25)21-13-16-6-8-18(20-12-16)23-9-3-1-2-4-10-23/h5-8,12,15,17,24H,1-4,9-11,13-14H2,(H2,21,22,25)/t15-,17+/m0/s1. The lowest BCUT2D eigenvalue weighted by Crippen LogP contribution is -2.40. The average molecular weight is 344 g/mol. The van der Waals surface area contributed by atoms with Crippen LogP contribution in [0.3, 0.4) is 0 Å². The first kappa shape index (κ1) is 17.7. The Labute approximate surface area is 149 Å². The summed E-state index contributed by atoms with van der Waals surface area (Å²) in [6.45, 7) is 2.75. The molecule has 1 aliphatic heterocycles. The van der Waals surface area contributed by atoms with E-state index >= 15 is 0 Å². The van der Waals surface area contributed by atoms with Gasteiger partial charge in [0.1, 0.15) is 5.82 Å². The van der Waals surface area contributed by atoms with Crippen molar-refractivity contribution in [2.75, 3.05) is 24.6 Å². The molecule has 3 rings (SSSR count). The van der Waals surface area contributed by atoms with Gasteiger partial charge in [-0.15, -0.1) is 0 Å². The van der Waals surface area contributed by atoms with Gasteiger partial charge in [0.05, 0.1) is 0 Å². The second-order valence-corrected chi connectivity index (χ2v) is 6.92. The summed E-state index contributed by atoms with van der Waals surface area (Å²) in [7, 11) is 0. The van der Waals surface area contributed by atoms with Gasteiger partial charge in [-0.1, -0.05) is 31.1 Å². The highest BCUT2D eigenvalue weighted by Crippen LogP contribution is 2.18. The fourth-order valence-electron chi connectivity index (χ4n) is 3.43. The molecular weight excluding hydrogens is 316 g/mol. The molecule has 3 N–H and O–H groups in total. The Morgan fingerprint density at radius 3 is 2.64 bits per heavy atom. The Bertz CT molecular complexity index is 580. The number of carbonyl (C=O) groups excluding carboxylic acids is 1. The molecule has 25 heavy (non-hydrogen) atoms. The van der Waals surface area contributed by atoms with Gasteiger partial charge in [0.15, 0.2) is 0 Å². The fourth-order valence-corrected chi connectivity index (χ4v) is 3.43. The number of pyridine rings is 1. The molecule has 2 heterocycles. The molecule has 1 aromatic heterocycles. The summed E-state index contributed by atoms with van der Waals surface area (Å²) in [6, 6.07) is 3.89. The van der Waals surface area contributed by atoms with Crippen LogP contribution in [-0.2, 0) is 6.54 Å². The molecule has 0 spiro atoms.